The van der Waals surface area contributed by atoms with E-state index in [0.717, 1.165) is 6.92 Å². The average Bonchev–Trinajstić information content (AvgIpc) is 2.01. The van der Waals surface area contributed by atoms with Crippen LogP contribution in [0.2, 0.25) is 0 Å². The molecule has 3 nitrogen and oxygen atoms in total. The highest BCUT2D eigenvalue weighted by molar-refractivity contribution is 5.71. The molecule has 90 valence electrons. The molecule has 0 saturated carbocycles. The van der Waals surface area contributed by atoms with Crippen molar-refractivity contribution in [3.05, 3.63) is 0 Å². The van der Waals surface area contributed by atoms with Crippen molar-refractivity contribution in [3.63, 3.8) is 0 Å². The van der Waals surface area contributed by atoms with Crippen LogP contribution in [0.3, 0.4) is 0 Å². The van der Waals surface area contributed by atoms with Crippen LogP contribution in [0.1, 0.15) is 27.7 Å². The number of rotatable bonds is 3. The van der Waals surface area contributed by atoms with Crippen molar-refractivity contribution in [1.29, 1.82) is 0 Å². The van der Waals surface area contributed by atoms with Crippen LogP contribution in [0.5, 0.6) is 0 Å². The molecule has 0 aromatic carbocycles. The fourth-order valence-corrected chi connectivity index (χ4v) is 0.656. The first-order valence-electron chi connectivity index (χ1n) is 4.49. The van der Waals surface area contributed by atoms with Crippen molar-refractivity contribution in [2.75, 3.05) is 0 Å². The topological polar surface area (TPSA) is 46.5 Å². The Morgan fingerprint density at radius 1 is 1.27 bits per heavy atom. The molecular formula is C9H15F3O3. The lowest BCUT2D eigenvalue weighted by Crippen LogP contribution is -2.52. The molecule has 0 saturated heterocycles. The standard InChI is InChI=1S/C9H15F3O3/c1-5(2)7(13)15-6(3)8(4,14)9(10,11)12/h5-6,14H,1-4H3. The van der Waals surface area contributed by atoms with E-state index in [0.29, 0.717) is 6.92 Å². The highest BCUT2D eigenvalue weighted by atomic mass is 19.4. The molecule has 0 heterocycles. The van der Waals surface area contributed by atoms with Crippen molar-refractivity contribution < 1.29 is 27.8 Å². The number of hydrogen-bond donors (Lipinski definition) is 1. The second-order valence-electron chi connectivity index (χ2n) is 3.88. The Morgan fingerprint density at radius 3 is 1.93 bits per heavy atom. The third-order valence-corrected chi connectivity index (χ3v) is 2.13. The molecule has 0 radical (unpaired) electrons. The van der Waals surface area contributed by atoms with Gasteiger partial charge < -0.3 is 9.84 Å². The number of ether oxygens (including phenoxy) is 1. The van der Waals surface area contributed by atoms with Gasteiger partial charge in [0.25, 0.3) is 0 Å². The second-order valence-corrected chi connectivity index (χ2v) is 3.88. The van der Waals surface area contributed by atoms with Crippen molar-refractivity contribution in [2.24, 2.45) is 5.92 Å². The molecule has 0 spiro atoms. The molecule has 0 aliphatic heterocycles. The van der Waals surface area contributed by atoms with Gasteiger partial charge in [-0.1, -0.05) is 13.8 Å². The lowest BCUT2D eigenvalue weighted by Gasteiger charge is -2.32. The monoisotopic (exact) mass is 228 g/mol. The number of hydrogen-bond acceptors (Lipinski definition) is 3. The van der Waals surface area contributed by atoms with Gasteiger partial charge in [0, 0.05) is 0 Å². The fraction of sp³-hybridized carbons (Fsp3) is 0.889. The predicted molar refractivity (Wildman–Crippen MR) is 47.1 cm³/mol. The number of alkyl halides is 3. The molecule has 0 bridgehead atoms. The molecule has 1 N–H and O–H groups in total. The maximum atomic E-state index is 12.3. The van der Waals surface area contributed by atoms with E-state index in [-0.39, 0.29) is 0 Å². The third kappa shape index (κ3) is 3.37. The Labute approximate surface area is 86.2 Å². The van der Waals surface area contributed by atoms with E-state index in [1.54, 1.807) is 0 Å². The third-order valence-electron chi connectivity index (χ3n) is 2.13. The van der Waals surface area contributed by atoms with E-state index in [1.165, 1.54) is 13.8 Å². The summed E-state index contributed by atoms with van der Waals surface area (Å²) in [5.41, 5.74) is -3.03. The maximum absolute atomic E-state index is 12.3. The summed E-state index contributed by atoms with van der Waals surface area (Å²) in [7, 11) is 0. The Balaban J connectivity index is 4.59. The van der Waals surface area contributed by atoms with Crippen LogP contribution in [-0.2, 0) is 9.53 Å². The second kappa shape index (κ2) is 4.38. The first-order valence-corrected chi connectivity index (χ1v) is 4.49. The molecule has 0 amide bonds. The first kappa shape index (κ1) is 14.2. The van der Waals surface area contributed by atoms with Crippen LogP contribution in [0.15, 0.2) is 0 Å². The lowest BCUT2D eigenvalue weighted by molar-refractivity contribution is -0.283. The average molecular weight is 228 g/mol. The Kier molecular flexibility index (Phi) is 4.16. The summed E-state index contributed by atoms with van der Waals surface area (Å²) in [5.74, 6) is -1.30. The van der Waals surface area contributed by atoms with Crippen molar-refractivity contribution >= 4 is 5.97 Å². The van der Waals surface area contributed by atoms with Crippen molar-refractivity contribution in [3.8, 4) is 0 Å². The highest BCUT2D eigenvalue weighted by Crippen LogP contribution is 2.34. The minimum absolute atomic E-state index is 0.531. The molecule has 6 heteroatoms. The Morgan fingerprint density at radius 2 is 1.67 bits per heavy atom. The van der Waals surface area contributed by atoms with Gasteiger partial charge in [-0.25, -0.2) is 0 Å². The van der Waals surface area contributed by atoms with Crippen molar-refractivity contribution in [2.45, 2.75) is 45.6 Å². The van der Waals surface area contributed by atoms with Gasteiger partial charge in [-0.05, 0) is 13.8 Å². The van der Waals surface area contributed by atoms with E-state index in [1.807, 2.05) is 0 Å². The summed E-state index contributed by atoms with van der Waals surface area (Å²) in [6.07, 6.45) is -6.46. The zero-order valence-corrected chi connectivity index (χ0v) is 9.05. The van der Waals surface area contributed by atoms with Crippen LogP contribution >= 0.6 is 0 Å². The summed E-state index contributed by atoms with van der Waals surface area (Å²) in [4.78, 5) is 11.0. The molecule has 0 rings (SSSR count). The minimum atomic E-state index is -4.83. The molecular weight excluding hydrogens is 213 g/mol. The molecule has 15 heavy (non-hydrogen) atoms. The van der Waals surface area contributed by atoms with Gasteiger partial charge in [0.15, 0.2) is 5.60 Å². The Hall–Kier alpha value is -0.780. The van der Waals surface area contributed by atoms with Crippen LogP contribution in [0, 0.1) is 5.92 Å². The van der Waals surface area contributed by atoms with Gasteiger partial charge in [-0.3, -0.25) is 4.79 Å². The van der Waals surface area contributed by atoms with E-state index in [9.17, 15) is 18.0 Å². The van der Waals surface area contributed by atoms with E-state index in [2.05, 4.69) is 4.74 Å². The molecule has 2 unspecified atom stereocenters. The number of esters is 1. The number of carbonyl (C=O) groups is 1. The van der Waals surface area contributed by atoms with Gasteiger partial charge in [-0.2, -0.15) is 13.2 Å². The zero-order chi connectivity index (χ0) is 12.4. The summed E-state index contributed by atoms with van der Waals surface area (Å²) in [6.45, 7) is 4.58. The molecule has 2 atom stereocenters. The Bertz CT molecular complexity index is 233. The van der Waals surface area contributed by atoms with E-state index in [4.69, 9.17) is 5.11 Å². The van der Waals surface area contributed by atoms with Crippen molar-refractivity contribution in [1.82, 2.24) is 0 Å². The zero-order valence-electron chi connectivity index (χ0n) is 9.05. The fourth-order valence-electron chi connectivity index (χ4n) is 0.656. The number of halogens is 3. The summed E-state index contributed by atoms with van der Waals surface area (Å²) in [5, 5.41) is 9.15. The van der Waals surface area contributed by atoms with Gasteiger partial charge in [-0.15, -0.1) is 0 Å². The predicted octanol–water partition coefficient (Wildman–Crippen LogP) is 1.89. The smallest absolute Gasteiger partial charge is 0.420 e. The number of carbonyl (C=O) groups excluding carboxylic acids is 1. The van der Waals surface area contributed by atoms with Gasteiger partial charge in [0.05, 0.1) is 5.92 Å². The van der Waals surface area contributed by atoms with Gasteiger partial charge in [0.1, 0.15) is 6.10 Å². The van der Waals surface area contributed by atoms with Gasteiger partial charge in [0.2, 0.25) is 0 Å². The highest BCUT2D eigenvalue weighted by Gasteiger charge is 2.55. The normalized spacial score (nSPS) is 18.5. The minimum Gasteiger partial charge on any atom is -0.459 e. The van der Waals surface area contributed by atoms with Gasteiger partial charge >= 0.3 is 12.1 Å². The molecule has 0 aromatic rings. The SMILES string of the molecule is CC(C)C(=O)OC(C)C(C)(O)C(F)(F)F. The molecule has 0 aliphatic rings. The summed E-state index contributed by atoms with van der Waals surface area (Å²) < 4.78 is 41.4. The van der Waals surface area contributed by atoms with Crippen LogP contribution < -0.4 is 0 Å². The first-order chi connectivity index (χ1) is 6.50. The molecule has 0 fully saturated rings. The van der Waals surface area contributed by atoms with E-state index >= 15 is 0 Å². The molecule has 0 aliphatic carbocycles. The maximum Gasteiger partial charge on any atom is 0.420 e. The van der Waals surface area contributed by atoms with Crippen LogP contribution in [0.4, 0.5) is 13.2 Å². The summed E-state index contributed by atoms with van der Waals surface area (Å²) >= 11 is 0. The molecule has 0 aromatic heterocycles. The number of aliphatic hydroxyl groups is 1. The quantitative estimate of drug-likeness (QED) is 0.750. The summed E-state index contributed by atoms with van der Waals surface area (Å²) in [6, 6.07) is 0. The lowest BCUT2D eigenvalue weighted by atomic mass is 10.00. The van der Waals surface area contributed by atoms with Crippen LogP contribution in [-0.4, -0.2) is 29.0 Å². The van der Waals surface area contributed by atoms with Crippen LogP contribution in [0.25, 0.3) is 0 Å². The van der Waals surface area contributed by atoms with E-state index < -0.39 is 29.8 Å². The largest absolute Gasteiger partial charge is 0.459 e.